The van der Waals surface area contributed by atoms with Crippen molar-refractivity contribution in [3.8, 4) is 0 Å². The van der Waals surface area contributed by atoms with Crippen LogP contribution < -0.4 is 10.6 Å². The Bertz CT molecular complexity index is 418. The number of rotatable bonds is 5. The fraction of sp³-hybridized carbons (Fsp3) is 0.538. The van der Waals surface area contributed by atoms with Gasteiger partial charge in [0.15, 0.2) is 0 Å². The van der Waals surface area contributed by atoms with E-state index in [0.29, 0.717) is 11.6 Å². The van der Waals surface area contributed by atoms with Crippen LogP contribution >= 0.6 is 11.6 Å². The molecule has 106 valence electrons. The van der Waals surface area contributed by atoms with Crippen molar-refractivity contribution in [2.45, 2.75) is 32.9 Å². The molecule has 0 aliphatic rings. The average Bonchev–Trinajstić information content (AvgIpc) is 2.35. The van der Waals surface area contributed by atoms with Gasteiger partial charge in [0.25, 0.3) is 0 Å². The van der Waals surface area contributed by atoms with Gasteiger partial charge >= 0.3 is 6.03 Å². The van der Waals surface area contributed by atoms with Crippen molar-refractivity contribution in [1.82, 2.24) is 15.6 Å². The lowest BCUT2D eigenvalue weighted by Gasteiger charge is -2.27. The molecular formula is C13H20ClN3O2. The number of hydrogen-bond donors (Lipinski definition) is 3. The maximum Gasteiger partial charge on any atom is 0.315 e. The molecule has 0 bridgehead atoms. The third kappa shape index (κ3) is 5.44. The number of nitrogens with one attached hydrogen (secondary N) is 2. The molecule has 5 nitrogen and oxygen atoms in total. The van der Waals surface area contributed by atoms with E-state index in [1.54, 1.807) is 19.1 Å². The van der Waals surface area contributed by atoms with Crippen LogP contribution in [0.25, 0.3) is 0 Å². The normalized spacial score (nSPS) is 14.0. The highest BCUT2D eigenvalue weighted by Gasteiger charge is 2.25. The van der Waals surface area contributed by atoms with E-state index >= 15 is 0 Å². The molecule has 0 aromatic carbocycles. The van der Waals surface area contributed by atoms with E-state index in [1.807, 2.05) is 13.8 Å². The largest absolute Gasteiger partial charge is 0.388 e. The maximum absolute atomic E-state index is 11.6. The molecule has 0 radical (unpaired) electrons. The molecule has 2 amide bonds. The van der Waals surface area contributed by atoms with Crippen molar-refractivity contribution in [3.63, 3.8) is 0 Å². The van der Waals surface area contributed by atoms with E-state index in [-0.39, 0.29) is 18.5 Å². The number of aliphatic hydroxyl groups is 1. The van der Waals surface area contributed by atoms with E-state index in [2.05, 4.69) is 15.6 Å². The summed E-state index contributed by atoms with van der Waals surface area (Å²) < 4.78 is 0. The first-order valence-corrected chi connectivity index (χ1v) is 6.53. The van der Waals surface area contributed by atoms with Crippen LogP contribution in [0.5, 0.6) is 0 Å². The van der Waals surface area contributed by atoms with Crippen LogP contribution in [-0.2, 0) is 6.54 Å². The van der Waals surface area contributed by atoms with Crippen LogP contribution in [0.2, 0.25) is 5.02 Å². The molecule has 19 heavy (non-hydrogen) atoms. The number of carbonyl (C=O) groups excluding carboxylic acids is 1. The summed E-state index contributed by atoms with van der Waals surface area (Å²) in [5.74, 6) is 0.0609. The van der Waals surface area contributed by atoms with Crippen molar-refractivity contribution < 1.29 is 9.90 Å². The Hall–Kier alpha value is -1.33. The summed E-state index contributed by atoms with van der Waals surface area (Å²) in [5.41, 5.74) is -0.203. The summed E-state index contributed by atoms with van der Waals surface area (Å²) >= 11 is 5.71. The molecule has 1 heterocycles. The van der Waals surface area contributed by atoms with Gasteiger partial charge in [0.2, 0.25) is 0 Å². The topological polar surface area (TPSA) is 74.2 Å². The summed E-state index contributed by atoms with van der Waals surface area (Å²) in [6.45, 7) is 6.00. The van der Waals surface area contributed by atoms with Gasteiger partial charge in [-0.15, -0.1) is 0 Å². The molecule has 0 aliphatic heterocycles. The summed E-state index contributed by atoms with van der Waals surface area (Å²) in [4.78, 5) is 15.6. The zero-order valence-corrected chi connectivity index (χ0v) is 12.2. The fourth-order valence-electron chi connectivity index (χ4n) is 1.21. The number of halogens is 1. The van der Waals surface area contributed by atoms with Crippen LogP contribution in [0.3, 0.4) is 0 Å². The van der Waals surface area contributed by atoms with Gasteiger partial charge in [0.1, 0.15) is 0 Å². The smallest absolute Gasteiger partial charge is 0.315 e. The molecule has 0 saturated heterocycles. The number of amides is 2. The Morgan fingerprint density at radius 2 is 2.16 bits per heavy atom. The van der Waals surface area contributed by atoms with Crippen molar-refractivity contribution in [3.05, 3.63) is 29.0 Å². The summed E-state index contributed by atoms with van der Waals surface area (Å²) in [5, 5.41) is 15.8. The highest BCUT2D eigenvalue weighted by molar-refractivity contribution is 6.30. The quantitative estimate of drug-likeness (QED) is 0.774. The monoisotopic (exact) mass is 285 g/mol. The highest BCUT2D eigenvalue weighted by atomic mass is 35.5. The van der Waals surface area contributed by atoms with Crippen molar-refractivity contribution in [1.29, 1.82) is 0 Å². The van der Waals surface area contributed by atoms with E-state index in [0.717, 1.165) is 5.69 Å². The minimum Gasteiger partial charge on any atom is -0.388 e. The Kier molecular flexibility index (Phi) is 5.57. The zero-order valence-electron chi connectivity index (χ0n) is 11.4. The van der Waals surface area contributed by atoms with E-state index in [1.165, 1.54) is 6.20 Å². The molecule has 1 aromatic heterocycles. The summed E-state index contributed by atoms with van der Waals surface area (Å²) in [6.07, 6.45) is 1.53. The Morgan fingerprint density at radius 1 is 1.47 bits per heavy atom. The summed E-state index contributed by atoms with van der Waals surface area (Å²) in [7, 11) is 0. The number of aromatic nitrogens is 1. The lowest BCUT2D eigenvalue weighted by molar-refractivity contribution is 0.0166. The minimum atomic E-state index is -0.921. The van der Waals surface area contributed by atoms with Crippen LogP contribution in [0.4, 0.5) is 4.79 Å². The number of hydrogen-bond acceptors (Lipinski definition) is 3. The zero-order chi connectivity index (χ0) is 14.5. The van der Waals surface area contributed by atoms with Crippen LogP contribution in [0, 0.1) is 5.92 Å². The molecule has 0 fully saturated rings. The van der Waals surface area contributed by atoms with Gasteiger partial charge < -0.3 is 15.7 Å². The first-order chi connectivity index (χ1) is 8.81. The molecule has 3 N–H and O–H groups in total. The van der Waals surface area contributed by atoms with Crippen molar-refractivity contribution >= 4 is 17.6 Å². The van der Waals surface area contributed by atoms with Gasteiger partial charge in [-0.3, -0.25) is 4.98 Å². The predicted molar refractivity (Wildman–Crippen MR) is 74.9 cm³/mol. The van der Waals surface area contributed by atoms with Crippen molar-refractivity contribution in [2.75, 3.05) is 6.54 Å². The third-order valence-electron chi connectivity index (χ3n) is 3.07. The summed E-state index contributed by atoms with van der Waals surface area (Å²) in [6, 6.07) is 3.12. The second-order valence-corrected chi connectivity index (χ2v) is 5.45. The van der Waals surface area contributed by atoms with Gasteiger partial charge in [0.05, 0.1) is 22.9 Å². The lowest BCUT2D eigenvalue weighted by atomic mass is 9.93. The second kappa shape index (κ2) is 6.73. The molecule has 0 spiro atoms. The number of urea groups is 1. The fourth-order valence-corrected chi connectivity index (χ4v) is 1.32. The van der Waals surface area contributed by atoms with Crippen molar-refractivity contribution in [2.24, 2.45) is 5.92 Å². The van der Waals surface area contributed by atoms with Gasteiger partial charge in [-0.05, 0) is 25.0 Å². The molecule has 6 heteroatoms. The number of nitrogens with zero attached hydrogens (tertiary/aromatic N) is 1. The minimum absolute atomic E-state index is 0.0609. The molecule has 1 aromatic rings. The van der Waals surface area contributed by atoms with Gasteiger partial charge in [0, 0.05) is 12.7 Å². The predicted octanol–water partition coefficient (Wildman–Crippen LogP) is 1.94. The Morgan fingerprint density at radius 3 is 2.68 bits per heavy atom. The Balaban J connectivity index is 2.34. The SMILES string of the molecule is CC(C)C(C)(O)CNC(=O)NCc1ccc(Cl)cn1. The van der Waals surface area contributed by atoms with Crippen LogP contribution in [0.1, 0.15) is 26.5 Å². The maximum atomic E-state index is 11.6. The van der Waals surface area contributed by atoms with Crippen LogP contribution in [-0.4, -0.2) is 28.3 Å². The van der Waals surface area contributed by atoms with E-state index in [4.69, 9.17) is 11.6 Å². The third-order valence-corrected chi connectivity index (χ3v) is 3.29. The van der Waals surface area contributed by atoms with E-state index in [9.17, 15) is 9.90 Å². The molecular weight excluding hydrogens is 266 g/mol. The standard InChI is InChI=1S/C13H20ClN3O2/c1-9(2)13(3,19)8-17-12(18)16-7-11-5-4-10(14)6-15-11/h4-6,9,19H,7-8H2,1-3H3,(H2,16,17,18). The second-order valence-electron chi connectivity index (χ2n) is 5.02. The molecule has 1 rings (SSSR count). The molecule has 0 saturated carbocycles. The molecule has 1 atom stereocenters. The number of pyridine rings is 1. The van der Waals surface area contributed by atoms with Crippen LogP contribution in [0.15, 0.2) is 18.3 Å². The molecule has 0 aliphatic carbocycles. The lowest BCUT2D eigenvalue weighted by Crippen LogP contribution is -2.47. The van der Waals surface area contributed by atoms with Gasteiger partial charge in [-0.2, -0.15) is 0 Å². The number of carbonyl (C=O) groups is 1. The van der Waals surface area contributed by atoms with E-state index < -0.39 is 5.60 Å². The Labute approximate surface area is 118 Å². The highest BCUT2D eigenvalue weighted by Crippen LogP contribution is 2.14. The van der Waals surface area contributed by atoms with Gasteiger partial charge in [-0.25, -0.2) is 4.79 Å². The van der Waals surface area contributed by atoms with Gasteiger partial charge in [-0.1, -0.05) is 25.4 Å². The average molecular weight is 286 g/mol. The molecule has 1 unspecified atom stereocenters. The first-order valence-electron chi connectivity index (χ1n) is 6.16. The first kappa shape index (κ1) is 15.7.